The van der Waals surface area contributed by atoms with Gasteiger partial charge in [-0.05, 0) is 66.4 Å². The third-order valence-electron chi connectivity index (χ3n) is 5.42. The van der Waals surface area contributed by atoms with Crippen LogP contribution in [0.5, 0.6) is 0 Å². The number of hydrogen-bond acceptors (Lipinski definition) is 4. The fourth-order valence-corrected chi connectivity index (χ4v) is 4.13. The molecule has 1 heterocycles. The molecule has 3 aromatic carbocycles. The Balaban J connectivity index is 1.68. The van der Waals surface area contributed by atoms with Crippen molar-refractivity contribution in [3.05, 3.63) is 100.0 Å². The zero-order valence-electron chi connectivity index (χ0n) is 18.0. The van der Waals surface area contributed by atoms with Gasteiger partial charge in [-0.3, -0.25) is 14.0 Å². The molecule has 1 atom stereocenters. The molecular formula is C25H17ClF3N2O3S-. The fourth-order valence-electron chi connectivity index (χ4n) is 3.69. The van der Waals surface area contributed by atoms with Crippen LogP contribution in [-0.2, 0) is 17.7 Å². The van der Waals surface area contributed by atoms with Crippen LogP contribution in [0.2, 0.25) is 5.02 Å². The van der Waals surface area contributed by atoms with Gasteiger partial charge < -0.3 is 4.55 Å². The number of rotatable bonds is 8. The van der Waals surface area contributed by atoms with Gasteiger partial charge in [0.2, 0.25) is 0 Å². The number of carbonyl (C=O) groups is 1. The monoisotopic (exact) mass is 517 g/mol. The van der Waals surface area contributed by atoms with Crippen LogP contribution >= 0.6 is 11.6 Å². The summed E-state index contributed by atoms with van der Waals surface area (Å²) in [5, 5.41) is 1.13. The molecule has 0 saturated carbocycles. The molecule has 0 aliphatic carbocycles. The van der Waals surface area contributed by atoms with Crippen molar-refractivity contribution in [2.24, 2.45) is 0 Å². The highest BCUT2D eigenvalue weighted by Gasteiger charge is 2.25. The molecule has 180 valence electrons. The highest BCUT2D eigenvalue weighted by molar-refractivity contribution is 7.77. The van der Waals surface area contributed by atoms with E-state index in [0.29, 0.717) is 22.0 Å². The second-order valence-corrected chi connectivity index (χ2v) is 8.92. The number of nitrogens with one attached hydrogen (secondary N) is 1. The molecule has 0 saturated heterocycles. The Morgan fingerprint density at radius 3 is 2.46 bits per heavy atom. The average molecular weight is 518 g/mol. The smallest absolute Gasteiger partial charge is 0.199 e. The Morgan fingerprint density at radius 1 is 1.00 bits per heavy atom. The summed E-state index contributed by atoms with van der Waals surface area (Å²) in [6.45, 7) is -0.0224. The molecule has 10 heteroatoms. The molecule has 0 aliphatic heterocycles. The van der Waals surface area contributed by atoms with Crippen molar-refractivity contribution in [2.45, 2.75) is 12.8 Å². The van der Waals surface area contributed by atoms with Crippen LogP contribution in [0.25, 0.3) is 22.0 Å². The van der Waals surface area contributed by atoms with E-state index >= 15 is 4.39 Å². The number of benzene rings is 3. The highest BCUT2D eigenvalue weighted by Crippen LogP contribution is 2.28. The molecule has 0 bridgehead atoms. The Hall–Kier alpha value is -3.11. The van der Waals surface area contributed by atoms with Gasteiger partial charge in [0.25, 0.3) is 0 Å². The summed E-state index contributed by atoms with van der Waals surface area (Å²) < 4.78 is 67.0. The van der Waals surface area contributed by atoms with Crippen molar-refractivity contribution < 1.29 is 26.7 Å². The van der Waals surface area contributed by atoms with Gasteiger partial charge in [-0.25, -0.2) is 17.9 Å². The topological polar surface area (TPSA) is 82.1 Å². The molecule has 1 aromatic heterocycles. The maximum absolute atomic E-state index is 15.1. The molecule has 1 N–H and O–H groups in total. The van der Waals surface area contributed by atoms with Crippen LogP contribution in [0, 0.1) is 17.5 Å². The van der Waals surface area contributed by atoms with Crippen molar-refractivity contribution in [3.63, 3.8) is 0 Å². The molecule has 35 heavy (non-hydrogen) atoms. The molecule has 4 rings (SSSR count). The lowest BCUT2D eigenvalue weighted by atomic mass is 9.96. The third kappa shape index (κ3) is 5.59. The van der Waals surface area contributed by atoms with Gasteiger partial charge in [0.1, 0.15) is 5.82 Å². The lowest BCUT2D eigenvalue weighted by Gasteiger charge is -2.12. The fraction of sp³-hybridized carbons (Fsp3) is 0.120. The van der Waals surface area contributed by atoms with Gasteiger partial charge in [0.15, 0.2) is 17.4 Å². The predicted octanol–water partition coefficient (Wildman–Crippen LogP) is 5.52. The van der Waals surface area contributed by atoms with Crippen LogP contribution in [0.15, 0.2) is 60.8 Å². The highest BCUT2D eigenvalue weighted by atomic mass is 35.5. The van der Waals surface area contributed by atoms with E-state index in [2.05, 4.69) is 9.71 Å². The van der Waals surface area contributed by atoms with E-state index in [1.165, 1.54) is 12.1 Å². The standard InChI is InChI=1S/C25H18ClF3N2O3S/c26-19-6-3-14(4-7-19)18-11-17-10-16(5-8-21(17)30-13-18)25(32)22-23(28)15(12-20(27)24(22)29)2-1-9-31-35(33)34/h3-8,10-13,31H,1-2,9H2,(H,33,34)/p-1. The quantitative estimate of drug-likeness (QED) is 0.144. The number of hydrogen-bond donors (Lipinski definition) is 1. The number of pyridine rings is 1. The van der Waals surface area contributed by atoms with Gasteiger partial charge in [-0.2, -0.15) is 0 Å². The van der Waals surface area contributed by atoms with Crippen molar-refractivity contribution >= 4 is 39.6 Å². The van der Waals surface area contributed by atoms with Crippen molar-refractivity contribution in [3.8, 4) is 11.1 Å². The third-order valence-corrected chi connectivity index (χ3v) is 6.11. The van der Waals surface area contributed by atoms with E-state index in [-0.39, 0.29) is 30.5 Å². The Morgan fingerprint density at radius 2 is 1.74 bits per heavy atom. The first-order valence-electron chi connectivity index (χ1n) is 10.4. The van der Waals surface area contributed by atoms with Crippen LogP contribution in [-0.4, -0.2) is 26.1 Å². The number of aromatic nitrogens is 1. The molecule has 5 nitrogen and oxygen atoms in total. The Bertz CT molecular complexity index is 1450. The number of aryl methyl sites for hydroxylation is 1. The molecule has 0 aliphatic rings. The summed E-state index contributed by atoms with van der Waals surface area (Å²) in [5.74, 6) is -5.13. The van der Waals surface area contributed by atoms with Crippen molar-refractivity contribution in [1.82, 2.24) is 9.71 Å². The van der Waals surface area contributed by atoms with E-state index < -0.39 is 40.1 Å². The Kier molecular flexibility index (Phi) is 7.61. The van der Waals surface area contributed by atoms with Gasteiger partial charge in [-0.15, -0.1) is 0 Å². The zero-order valence-corrected chi connectivity index (χ0v) is 19.6. The molecule has 4 aromatic rings. The van der Waals surface area contributed by atoms with Gasteiger partial charge in [0.05, 0.1) is 11.1 Å². The van der Waals surface area contributed by atoms with Crippen LogP contribution in [0.3, 0.4) is 0 Å². The SMILES string of the molecule is O=C(c1ccc2ncc(-c3ccc(Cl)cc3)cc2c1)c1c(F)c(F)cc(CCCNS(=O)[O-])c1F. The summed E-state index contributed by atoms with van der Waals surface area (Å²) in [5.41, 5.74) is 0.882. The van der Waals surface area contributed by atoms with E-state index in [0.717, 1.165) is 11.1 Å². The van der Waals surface area contributed by atoms with Gasteiger partial charge >= 0.3 is 0 Å². The van der Waals surface area contributed by atoms with Gasteiger partial charge in [0, 0.05) is 45.5 Å². The number of carbonyl (C=O) groups excluding carboxylic acids is 1. The summed E-state index contributed by atoms with van der Waals surface area (Å²) in [4.78, 5) is 17.4. The van der Waals surface area contributed by atoms with Crippen LogP contribution in [0.4, 0.5) is 13.2 Å². The van der Waals surface area contributed by atoms with Crippen LogP contribution in [0.1, 0.15) is 27.9 Å². The minimum Gasteiger partial charge on any atom is -0.760 e. The largest absolute Gasteiger partial charge is 0.760 e. The summed E-state index contributed by atoms with van der Waals surface area (Å²) in [7, 11) is 0. The van der Waals surface area contributed by atoms with E-state index in [9.17, 15) is 22.3 Å². The maximum atomic E-state index is 15.1. The maximum Gasteiger partial charge on any atom is 0.199 e. The number of fused-ring (bicyclic) bond motifs is 1. The van der Waals surface area contributed by atoms with Crippen LogP contribution < -0.4 is 4.72 Å². The van der Waals surface area contributed by atoms with Crippen molar-refractivity contribution in [2.75, 3.05) is 6.54 Å². The molecule has 0 radical (unpaired) electrons. The second kappa shape index (κ2) is 10.7. The first-order chi connectivity index (χ1) is 16.7. The zero-order chi connectivity index (χ0) is 25.1. The van der Waals surface area contributed by atoms with E-state index in [4.69, 9.17) is 11.6 Å². The summed E-state index contributed by atoms with van der Waals surface area (Å²) in [6, 6.07) is 13.9. The van der Waals surface area contributed by atoms with Crippen molar-refractivity contribution in [1.29, 1.82) is 0 Å². The number of nitrogens with zero attached hydrogens (tertiary/aromatic N) is 1. The molecular weight excluding hydrogens is 501 g/mol. The minimum absolute atomic E-state index is 0.0224. The summed E-state index contributed by atoms with van der Waals surface area (Å²) in [6.07, 6.45) is 1.68. The first-order valence-corrected chi connectivity index (χ1v) is 11.9. The van der Waals surface area contributed by atoms with E-state index in [1.807, 2.05) is 12.1 Å². The number of halogens is 4. The lowest BCUT2D eigenvalue weighted by Crippen LogP contribution is -2.18. The predicted molar refractivity (Wildman–Crippen MR) is 127 cm³/mol. The number of ketones is 1. The minimum atomic E-state index is -2.49. The molecule has 0 spiro atoms. The van der Waals surface area contributed by atoms with Gasteiger partial charge in [-0.1, -0.05) is 23.7 Å². The Labute approximate surface area is 206 Å². The normalized spacial score (nSPS) is 12.1. The average Bonchev–Trinajstić information content (AvgIpc) is 2.84. The summed E-state index contributed by atoms with van der Waals surface area (Å²) >= 11 is 3.44. The van der Waals surface area contributed by atoms with E-state index in [1.54, 1.807) is 30.5 Å². The molecule has 0 amide bonds. The lowest BCUT2D eigenvalue weighted by molar-refractivity contribution is 0.102. The molecule has 1 unspecified atom stereocenters. The second-order valence-electron chi connectivity index (χ2n) is 7.72. The molecule has 0 fully saturated rings. The first kappa shape index (κ1) is 25.0.